The van der Waals surface area contributed by atoms with Gasteiger partial charge in [0, 0.05) is 12.5 Å². The zero-order valence-electron chi connectivity index (χ0n) is 11.2. The number of fused-ring (bicyclic) bond motifs is 1. The summed E-state index contributed by atoms with van der Waals surface area (Å²) < 4.78 is 14.3. The van der Waals surface area contributed by atoms with Crippen molar-refractivity contribution in [1.29, 1.82) is 0 Å². The minimum absolute atomic E-state index is 0.00420. The average molecular weight is 396 g/mol. The monoisotopic (exact) mass is 396 g/mol. The van der Waals surface area contributed by atoms with Crippen molar-refractivity contribution in [2.75, 3.05) is 10.6 Å². The number of carbonyl (C=O) groups is 1. The third-order valence-corrected chi connectivity index (χ3v) is 4.35. The van der Waals surface area contributed by atoms with E-state index in [-0.39, 0.29) is 17.8 Å². The van der Waals surface area contributed by atoms with Gasteiger partial charge >= 0.3 is 0 Å². The summed E-state index contributed by atoms with van der Waals surface area (Å²) in [5, 5.41) is 6.18. The topological polar surface area (TPSA) is 41.1 Å². The van der Waals surface area contributed by atoms with Gasteiger partial charge in [0.1, 0.15) is 5.82 Å². The van der Waals surface area contributed by atoms with E-state index in [4.69, 9.17) is 0 Å². The van der Waals surface area contributed by atoms with Gasteiger partial charge in [-0.2, -0.15) is 0 Å². The van der Waals surface area contributed by atoms with Crippen molar-refractivity contribution in [2.24, 2.45) is 0 Å². The van der Waals surface area contributed by atoms with E-state index in [1.54, 1.807) is 6.07 Å². The second-order valence-electron chi connectivity index (χ2n) is 5.01. The van der Waals surface area contributed by atoms with Crippen LogP contribution in [0.1, 0.15) is 24.4 Å². The standard InChI is InChI=1S/C16H14FIN2O/c17-11-8-14-15(9-12(11)18)20-16(21)7-6-13(19-14)10-4-2-1-3-5-10/h1-5,8-9,13,19H,6-7H2,(H,20,21). The van der Waals surface area contributed by atoms with E-state index in [9.17, 15) is 9.18 Å². The summed E-state index contributed by atoms with van der Waals surface area (Å²) in [6.07, 6.45) is 1.10. The Morgan fingerprint density at radius 1 is 1.14 bits per heavy atom. The molecule has 0 fully saturated rings. The number of halogens is 2. The Labute approximate surface area is 136 Å². The van der Waals surface area contributed by atoms with Gasteiger partial charge in [0.25, 0.3) is 0 Å². The number of hydrogen-bond acceptors (Lipinski definition) is 2. The van der Waals surface area contributed by atoms with E-state index in [0.29, 0.717) is 27.8 Å². The van der Waals surface area contributed by atoms with Gasteiger partial charge in [-0.3, -0.25) is 4.79 Å². The zero-order valence-corrected chi connectivity index (χ0v) is 13.4. The first-order valence-electron chi connectivity index (χ1n) is 6.74. The quantitative estimate of drug-likeness (QED) is 0.706. The molecule has 108 valence electrons. The summed E-state index contributed by atoms with van der Waals surface area (Å²) in [7, 11) is 0. The third kappa shape index (κ3) is 3.18. The molecule has 0 spiro atoms. The molecule has 0 bridgehead atoms. The summed E-state index contributed by atoms with van der Waals surface area (Å²) in [6.45, 7) is 0. The van der Waals surface area contributed by atoms with Gasteiger partial charge in [-0.15, -0.1) is 0 Å². The number of rotatable bonds is 1. The lowest BCUT2D eigenvalue weighted by Crippen LogP contribution is -2.21. The molecule has 0 aromatic heterocycles. The van der Waals surface area contributed by atoms with Crippen LogP contribution in [0.2, 0.25) is 0 Å². The maximum atomic E-state index is 13.8. The molecule has 1 atom stereocenters. The number of benzene rings is 2. The smallest absolute Gasteiger partial charge is 0.224 e. The molecule has 21 heavy (non-hydrogen) atoms. The minimum Gasteiger partial charge on any atom is -0.376 e. The average Bonchev–Trinajstić information content (AvgIpc) is 2.47. The molecule has 1 aliphatic rings. The van der Waals surface area contributed by atoms with Crippen LogP contribution in [0.25, 0.3) is 0 Å². The van der Waals surface area contributed by atoms with Gasteiger partial charge in [-0.05, 0) is 40.6 Å². The largest absolute Gasteiger partial charge is 0.376 e. The fourth-order valence-corrected chi connectivity index (χ4v) is 2.92. The fourth-order valence-electron chi connectivity index (χ4n) is 2.45. The Morgan fingerprint density at radius 3 is 2.67 bits per heavy atom. The van der Waals surface area contributed by atoms with Crippen molar-refractivity contribution in [3.05, 3.63) is 57.4 Å². The van der Waals surface area contributed by atoms with E-state index in [0.717, 1.165) is 5.56 Å². The van der Waals surface area contributed by atoms with Crippen LogP contribution < -0.4 is 10.6 Å². The van der Waals surface area contributed by atoms with Crippen LogP contribution >= 0.6 is 22.6 Å². The second-order valence-corrected chi connectivity index (χ2v) is 6.17. The van der Waals surface area contributed by atoms with Crippen LogP contribution in [0.3, 0.4) is 0 Å². The van der Waals surface area contributed by atoms with Crippen molar-refractivity contribution in [3.63, 3.8) is 0 Å². The lowest BCUT2D eigenvalue weighted by atomic mass is 10.00. The van der Waals surface area contributed by atoms with E-state index in [1.807, 2.05) is 52.9 Å². The molecule has 1 unspecified atom stereocenters. The molecule has 1 amide bonds. The lowest BCUT2D eigenvalue weighted by molar-refractivity contribution is -0.116. The first-order chi connectivity index (χ1) is 10.1. The summed E-state index contributed by atoms with van der Waals surface area (Å²) in [5.41, 5.74) is 2.35. The van der Waals surface area contributed by atoms with Crippen molar-refractivity contribution in [1.82, 2.24) is 0 Å². The second kappa shape index (κ2) is 6.01. The van der Waals surface area contributed by atoms with E-state index in [2.05, 4.69) is 10.6 Å². The predicted octanol–water partition coefficient (Wildman–Crippen LogP) is 4.32. The number of amides is 1. The summed E-state index contributed by atoms with van der Waals surface area (Å²) in [4.78, 5) is 11.9. The molecule has 0 saturated heterocycles. The van der Waals surface area contributed by atoms with Crippen molar-refractivity contribution in [3.8, 4) is 0 Å². The van der Waals surface area contributed by atoms with Gasteiger partial charge in [0.2, 0.25) is 5.91 Å². The molecule has 2 aromatic rings. The Morgan fingerprint density at radius 2 is 1.90 bits per heavy atom. The Hall–Kier alpha value is -1.63. The number of nitrogens with one attached hydrogen (secondary N) is 2. The molecule has 1 aliphatic heterocycles. The van der Waals surface area contributed by atoms with Crippen LogP contribution in [-0.2, 0) is 4.79 Å². The molecule has 5 heteroatoms. The van der Waals surface area contributed by atoms with Crippen LogP contribution in [0.15, 0.2) is 42.5 Å². The summed E-state index contributed by atoms with van der Waals surface area (Å²) >= 11 is 1.92. The van der Waals surface area contributed by atoms with Crippen LogP contribution in [0.4, 0.5) is 15.8 Å². The number of anilines is 2. The third-order valence-electron chi connectivity index (χ3n) is 3.53. The molecule has 3 nitrogen and oxygen atoms in total. The van der Waals surface area contributed by atoms with Crippen molar-refractivity contribution in [2.45, 2.75) is 18.9 Å². The van der Waals surface area contributed by atoms with Crippen molar-refractivity contribution >= 4 is 39.9 Å². The summed E-state index contributed by atoms with van der Waals surface area (Å²) in [5.74, 6) is -0.329. The number of hydrogen-bond donors (Lipinski definition) is 2. The molecule has 0 saturated carbocycles. The van der Waals surface area contributed by atoms with Crippen molar-refractivity contribution < 1.29 is 9.18 Å². The van der Waals surface area contributed by atoms with Gasteiger partial charge < -0.3 is 10.6 Å². The van der Waals surface area contributed by atoms with E-state index < -0.39 is 0 Å². The SMILES string of the molecule is O=C1CCC(c2ccccc2)Nc2cc(F)c(I)cc2N1. The molecule has 0 aliphatic carbocycles. The highest BCUT2D eigenvalue weighted by Gasteiger charge is 2.20. The first-order valence-corrected chi connectivity index (χ1v) is 7.82. The predicted molar refractivity (Wildman–Crippen MR) is 89.8 cm³/mol. The van der Waals surface area contributed by atoms with Crippen LogP contribution in [0, 0.1) is 9.39 Å². The highest BCUT2D eigenvalue weighted by molar-refractivity contribution is 14.1. The fraction of sp³-hybridized carbons (Fsp3) is 0.188. The lowest BCUT2D eigenvalue weighted by Gasteiger charge is -2.25. The summed E-state index contributed by atoms with van der Waals surface area (Å²) in [6, 6.07) is 13.0. The van der Waals surface area contributed by atoms with Gasteiger partial charge in [-0.1, -0.05) is 30.3 Å². The molecular formula is C16H14FIN2O. The van der Waals surface area contributed by atoms with E-state index in [1.165, 1.54) is 6.07 Å². The number of carbonyl (C=O) groups excluding carboxylic acids is 1. The molecule has 2 N–H and O–H groups in total. The highest BCUT2D eigenvalue weighted by atomic mass is 127. The van der Waals surface area contributed by atoms with E-state index >= 15 is 0 Å². The first kappa shape index (κ1) is 14.3. The molecule has 3 rings (SSSR count). The molecular weight excluding hydrogens is 382 g/mol. The molecule has 0 radical (unpaired) electrons. The van der Waals surface area contributed by atoms with Gasteiger partial charge in [0.05, 0.1) is 21.0 Å². The Bertz CT molecular complexity index is 675. The molecule has 2 aromatic carbocycles. The van der Waals surface area contributed by atoms with Crippen LogP contribution in [0.5, 0.6) is 0 Å². The van der Waals surface area contributed by atoms with Gasteiger partial charge in [-0.25, -0.2) is 4.39 Å². The Balaban J connectivity index is 2.00. The molecule has 1 heterocycles. The van der Waals surface area contributed by atoms with Crippen LogP contribution in [-0.4, -0.2) is 5.91 Å². The normalized spacial score (nSPS) is 18.0. The minimum atomic E-state index is -0.288. The Kier molecular flexibility index (Phi) is 4.10. The maximum absolute atomic E-state index is 13.8. The van der Waals surface area contributed by atoms with Gasteiger partial charge in [0.15, 0.2) is 0 Å². The highest BCUT2D eigenvalue weighted by Crippen LogP contribution is 2.33. The maximum Gasteiger partial charge on any atom is 0.224 e. The zero-order chi connectivity index (χ0) is 14.8.